The zero-order chi connectivity index (χ0) is 16.1. The Morgan fingerprint density at radius 1 is 1.22 bits per heavy atom. The minimum atomic E-state index is 0.163. The van der Waals surface area contributed by atoms with Crippen molar-refractivity contribution < 1.29 is 9.53 Å². The highest BCUT2D eigenvalue weighted by Crippen LogP contribution is 2.19. The Hall–Kier alpha value is -1.89. The summed E-state index contributed by atoms with van der Waals surface area (Å²) < 4.78 is 5.73. The molecule has 0 radical (unpaired) electrons. The molecule has 23 heavy (non-hydrogen) atoms. The Morgan fingerprint density at radius 3 is 2.48 bits per heavy atom. The van der Waals surface area contributed by atoms with Crippen LogP contribution in [0.3, 0.4) is 0 Å². The highest BCUT2D eigenvalue weighted by atomic mass is 16.5. The van der Waals surface area contributed by atoms with Crippen LogP contribution >= 0.6 is 0 Å². The third-order valence-corrected chi connectivity index (χ3v) is 4.60. The topological polar surface area (TPSA) is 70.6 Å². The largest absolute Gasteiger partial charge is 0.463 e. The van der Waals surface area contributed by atoms with Crippen LogP contribution in [-0.2, 0) is 4.79 Å². The zero-order valence-corrected chi connectivity index (χ0v) is 13.7. The van der Waals surface area contributed by atoms with Crippen molar-refractivity contribution in [2.75, 3.05) is 50.8 Å². The number of piperazine rings is 1. The highest BCUT2D eigenvalue weighted by molar-refractivity contribution is 5.73. The van der Waals surface area contributed by atoms with Gasteiger partial charge in [-0.05, 0) is 18.8 Å². The lowest BCUT2D eigenvalue weighted by Crippen LogP contribution is -2.43. The average molecular weight is 319 g/mol. The van der Waals surface area contributed by atoms with E-state index in [0.29, 0.717) is 18.5 Å². The van der Waals surface area contributed by atoms with E-state index in [2.05, 4.69) is 20.2 Å². The van der Waals surface area contributed by atoms with Gasteiger partial charge in [0.1, 0.15) is 0 Å². The van der Waals surface area contributed by atoms with E-state index in [9.17, 15) is 4.79 Å². The second-order valence-corrected chi connectivity index (χ2v) is 6.22. The Kier molecular flexibility index (Phi) is 5.27. The Bertz CT molecular complexity index is 508. The maximum atomic E-state index is 11.3. The van der Waals surface area contributed by atoms with Crippen LogP contribution in [0.2, 0.25) is 0 Å². The molecule has 1 aromatic heterocycles. The van der Waals surface area contributed by atoms with Crippen molar-refractivity contribution in [3.8, 4) is 6.01 Å². The normalized spacial score (nSPS) is 19.7. The molecule has 7 heteroatoms. The van der Waals surface area contributed by atoms with E-state index >= 15 is 0 Å². The minimum absolute atomic E-state index is 0.163. The summed E-state index contributed by atoms with van der Waals surface area (Å²) in [6.45, 7) is 7.87. The number of amides is 1. The van der Waals surface area contributed by atoms with Crippen LogP contribution in [0.4, 0.5) is 5.69 Å². The van der Waals surface area contributed by atoms with Crippen LogP contribution in [0.15, 0.2) is 12.4 Å². The molecule has 1 amide bonds. The van der Waals surface area contributed by atoms with Gasteiger partial charge in [-0.25, -0.2) is 9.97 Å². The Balaban J connectivity index is 1.45. The number of nitrogens with one attached hydrogen (secondary N) is 1. The lowest BCUT2D eigenvalue weighted by molar-refractivity contribution is -0.130. The molecule has 0 spiro atoms. The van der Waals surface area contributed by atoms with Crippen LogP contribution in [0.5, 0.6) is 6.01 Å². The number of ether oxygens (including phenoxy) is 1. The molecule has 1 N–H and O–H groups in total. The number of aromatic nitrogens is 2. The Labute approximate surface area is 137 Å². The summed E-state index contributed by atoms with van der Waals surface area (Å²) in [5.41, 5.74) is 1.05. The molecule has 3 rings (SSSR count). The first-order chi connectivity index (χ1) is 11.2. The quantitative estimate of drug-likeness (QED) is 0.873. The van der Waals surface area contributed by atoms with Gasteiger partial charge in [-0.3, -0.25) is 4.79 Å². The van der Waals surface area contributed by atoms with E-state index in [0.717, 1.165) is 57.8 Å². The summed E-state index contributed by atoms with van der Waals surface area (Å²) in [7, 11) is 0. The summed E-state index contributed by atoms with van der Waals surface area (Å²) in [5, 5.41) is 3.33. The maximum absolute atomic E-state index is 11.3. The van der Waals surface area contributed by atoms with Crippen molar-refractivity contribution in [2.24, 2.45) is 5.92 Å². The van der Waals surface area contributed by atoms with Gasteiger partial charge in [0.25, 0.3) is 0 Å². The first-order valence-corrected chi connectivity index (χ1v) is 8.38. The molecule has 0 saturated carbocycles. The lowest BCUT2D eigenvalue weighted by atomic mass is 9.98. The molecule has 2 aliphatic rings. The summed E-state index contributed by atoms with van der Waals surface area (Å²) >= 11 is 0. The van der Waals surface area contributed by atoms with E-state index in [1.165, 1.54) is 0 Å². The SMILES string of the molecule is CC(=O)N1CCC(COc2ncc(N3CCNCC3)cn2)CC1. The monoisotopic (exact) mass is 319 g/mol. The minimum Gasteiger partial charge on any atom is -0.463 e. The predicted molar refractivity (Wildman–Crippen MR) is 87.6 cm³/mol. The predicted octanol–water partition coefficient (Wildman–Crippen LogP) is 0.524. The molecule has 2 saturated heterocycles. The van der Waals surface area contributed by atoms with Gasteiger partial charge in [0.05, 0.1) is 24.7 Å². The fourth-order valence-electron chi connectivity index (χ4n) is 3.08. The maximum Gasteiger partial charge on any atom is 0.316 e. The van der Waals surface area contributed by atoms with Crippen molar-refractivity contribution >= 4 is 11.6 Å². The molecule has 126 valence electrons. The smallest absolute Gasteiger partial charge is 0.316 e. The van der Waals surface area contributed by atoms with Gasteiger partial charge in [-0.1, -0.05) is 0 Å². The number of nitrogens with zero attached hydrogens (tertiary/aromatic N) is 4. The van der Waals surface area contributed by atoms with E-state index < -0.39 is 0 Å². The molecular formula is C16H25N5O2. The van der Waals surface area contributed by atoms with E-state index in [-0.39, 0.29) is 5.91 Å². The molecular weight excluding hydrogens is 294 g/mol. The first-order valence-electron chi connectivity index (χ1n) is 8.38. The van der Waals surface area contributed by atoms with Crippen LogP contribution < -0.4 is 15.0 Å². The van der Waals surface area contributed by atoms with Gasteiger partial charge >= 0.3 is 6.01 Å². The second kappa shape index (κ2) is 7.59. The number of carbonyl (C=O) groups excluding carboxylic acids is 1. The number of likely N-dealkylation sites (tertiary alicyclic amines) is 1. The molecule has 2 fully saturated rings. The van der Waals surface area contributed by atoms with Crippen molar-refractivity contribution in [1.82, 2.24) is 20.2 Å². The molecule has 0 aliphatic carbocycles. The first kappa shape index (κ1) is 16.0. The Morgan fingerprint density at radius 2 is 1.87 bits per heavy atom. The van der Waals surface area contributed by atoms with Crippen molar-refractivity contribution in [3.05, 3.63) is 12.4 Å². The molecule has 0 bridgehead atoms. The van der Waals surface area contributed by atoms with Crippen molar-refractivity contribution in [3.63, 3.8) is 0 Å². The average Bonchev–Trinajstić information content (AvgIpc) is 2.61. The van der Waals surface area contributed by atoms with Crippen LogP contribution in [0.25, 0.3) is 0 Å². The van der Waals surface area contributed by atoms with Gasteiger partial charge in [0.2, 0.25) is 5.91 Å². The molecule has 0 unspecified atom stereocenters. The van der Waals surface area contributed by atoms with Gasteiger partial charge < -0.3 is 19.9 Å². The second-order valence-electron chi connectivity index (χ2n) is 6.22. The number of carbonyl (C=O) groups is 1. The summed E-state index contributed by atoms with van der Waals surface area (Å²) in [6, 6.07) is 0.442. The van der Waals surface area contributed by atoms with Crippen molar-refractivity contribution in [2.45, 2.75) is 19.8 Å². The lowest BCUT2D eigenvalue weighted by Gasteiger charge is -2.31. The molecule has 0 atom stereocenters. The summed E-state index contributed by atoms with van der Waals surface area (Å²) in [5.74, 6) is 0.637. The van der Waals surface area contributed by atoms with E-state index in [1.807, 2.05) is 17.3 Å². The van der Waals surface area contributed by atoms with Crippen molar-refractivity contribution in [1.29, 1.82) is 0 Å². The molecule has 7 nitrogen and oxygen atoms in total. The number of hydrogen-bond donors (Lipinski definition) is 1. The summed E-state index contributed by atoms with van der Waals surface area (Å²) in [6.07, 6.45) is 5.65. The van der Waals surface area contributed by atoms with Crippen LogP contribution in [0, 0.1) is 5.92 Å². The van der Waals surface area contributed by atoms with Gasteiger partial charge in [0, 0.05) is 46.2 Å². The number of anilines is 1. The highest BCUT2D eigenvalue weighted by Gasteiger charge is 2.21. The van der Waals surface area contributed by atoms with E-state index in [4.69, 9.17) is 4.74 Å². The number of rotatable bonds is 4. The third-order valence-electron chi connectivity index (χ3n) is 4.60. The molecule has 3 heterocycles. The zero-order valence-electron chi connectivity index (χ0n) is 13.7. The molecule has 1 aromatic rings. The van der Waals surface area contributed by atoms with Gasteiger partial charge in [-0.2, -0.15) is 0 Å². The van der Waals surface area contributed by atoms with Crippen LogP contribution in [-0.4, -0.2) is 66.7 Å². The number of piperidine rings is 1. The van der Waals surface area contributed by atoms with Gasteiger partial charge in [0.15, 0.2) is 0 Å². The molecule has 0 aromatic carbocycles. The van der Waals surface area contributed by atoms with Gasteiger partial charge in [-0.15, -0.1) is 0 Å². The summed E-state index contributed by atoms with van der Waals surface area (Å²) in [4.78, 5) is 24.1. The standard InChI is InChI=1S/C16H25N5O2/c1-13(22)20-6-2-14(3-7-20)12-23-16-18-10-15(11-19-16)21-8-4-17-5-9-21/h10-11,14,17H,2-9,12H2,1H3. The fraction of sp³-hybridized carbons (Fsp3) is 0.688. The fourth-order valence-corrected chi connectivity index (χ4v) is 3.08. The van der Waals surface area contributed by atoms with Crippen LogP contribution in [0.1, 0.15) is 19.8 Å². The number of hydrogen-bond acceptors (Lipinski definition) is 6. The molecule has 2 aliphatic heterocycles. The third kappa shape index (κ3) is 4.31. The van der Waals surface area contributed by atoms with E-state index in [1.54, 1.807) is 6.92 Å².